The van der Waals surface area contributed by atoms with E-state index in [1.54, 1.807) is 0 Å². The zero-order valence-corrected chi connectivity index (χ0v) is 13.5. The third kappa shape index (κ3) is 4.60. The average molecular weight is 274 g/mol. The van der Waals surface area contributed by atoms with Crippen LogP contribution in [0.1, 0.15) is 44.4 Å². The molecule has 1 saturated carbocycles. The van der Waals surface area contributed by atoms with Gasteiger partial charge in [0.05, 0.1) is 0 Å². The van der Waals surface area contributed by atoms with Crippen molar-refractivity contribution in [3.05, 3.63) is 35.4 Å². The number of benzene rings is 1. The van der Waals surface area contributed by atoms with Crippen LogP contribution in [0.3, 0.4) is 0 Å². The van der Waals surface area contributed by atoms with Crippen molar-refractivity contribution in [2.45, 2.75) is 39.7 Å². The van der Waals surface area contributed by atoms with E-state index in [4.69, 9.17) is 5.73 Å². The summed E-state index contributed by atoms with van der Waals surface area (Å²) < 4.78 is 0. The first-order chi connectivity index (χ1) is 9.45. The summed E-state index contributed by atoms with van der Waals surface area (Å²) in [5.41, 5.74) is 9.01. The van der Waals surface area contributed by atoms with Gasteiger partial charge in [-0.25, -0.2) is 0 Å². The van der Waals surface area contributed by atoms with E-state index in [1.807, 2.05) is 0 Å². The highest BCUT2D eigenvalue weighted by molar-refractivity contribution is 5.25. The van der Waals surface area contributed by atoms with Gasteiger partial charge in [-0.05, 0) is 48.8 Å². The molecule has 0 bridgehead atoms. The van der Waals surface area contributed by atoms with Gasteiger partial charge in [0.25, 0.3) is 0 Å². The molecule has 0 aliphatic heterocycles. The maximum absolute atomic E-state index is 6.34. The van der Waals surface area contributed by atoms with Gasteiger partial charge in [0, 0.05) is 19.1 Å². The lowest BCUT2D eigenvalue weighted by molar-refractivity contribution is 0.296. The molecule has 2 rings (SSSR count). The van der Waals surface area contributed by atoms with Crippen LogP contribution in [0.2, 0.25) is 0 Å². The summed E-state index contributed by atoms with van der Waals surface area (Å²) >= 11 is 0. The summed E-state index contributed by atoms with van der Waals surface area (Å²) in [6, 6.07) is 9.00. The zero-order chi connectivity index (χ0) is 14.7. The monoisotopic (exact) mass is 274 g/mol. The van der Waals surface area contributed by atoms with Gasteiger partial charge in [0.15, 0.2) is 0 Å². The first-order valence-electron chi connectivity index (χ1n) is 7.98. The summed E-state index contributed by atoms with van der Waals surface area (Å²) in [6.45, 7) is 9.00. The van der Waals surface area contributed by atoms with E-state index < -0.39 is 0 Å². The second-order valence-corrected chi connectivity index (χ2v) is 7.14. The minimum atomic E-state index is 0.127. The van der Waals surface area contributed by atoms with Gasteiger partial charge < -0.3 is 10.6 Å². The average Bonchev–Trinajstić information content (AvgIpc) is 3.04. The van der Waals surface area contributed by atoms with E-state index in [1.165, 1.54) is 24.1 Å². The van der Waals surface area contributed by atoms with Crippen molar-refractivity contribution in [3.63, 3.8) is 0 Å². The van der Waals surface area contributed by atoms with E-state index in [0.29, 0.717) is 5.92 Å². The van der Waals surface area contributed by atoms with Crippen LogP contribution in [0.4, 0.5) is 0 Å². The van der Waals surface area contributed by atoms with Crippen molar-refractivity contribution in [2.75, 3.05) is 20.1 Å². The fourth-order valence-corrected chi connectivity index (χ4v) is 2.94. The standard InChI is InChI=1S/C18H30N2/c1-13(2)9-15-5-7-16(8-6-15)18(19)12-20(4)11-17-10-14(17)3/h5-8,13-14,17-18H,9-12,19H2,1-4H3. The number of hydrogen-bond acceptors (Lipinski definition) is 2. The van der Waals surface area contributed by atoms with E-state index in [9.17, 15) is 0 Å². The summed E-state index contributed by atoms with van der Waals surface area (Å²) in [5, 5.41) is 0. The smallest absolute Gasteiger partial charge is 0.0424 e. The largest absolute Gasteiger partial charge is 0.323 e. The molecule has 0 heterocycles. The maximum Gasteiger partial charge on any atom is 0.0424 e. The summed E-state index contributed by atoms with van der Waals surface area (Å²) in [4.78, 5) is 2.39. The van der Waals surface area contributed by atoms with Gasteiger partial charge in [0.1, 0.15) is 0 Å². The number of rotatable bonds is 7. The van der Waals surface area contributed by atoms with Crippen LogP contribution < -0.4 is 5.73 Å². The molecular weight excluding hydrogens is 244 g/mol. The molecule has 20 heavy (non-hydrogen) atoms. The van der Waals surface area contributed by atoms with Crippen molar-refractivity contribution in [1.29, 1.82) is 0 Å². The van der Waals surface area contributed by atoms with Crippen LogP contribution in [0.15, 0.2) is 24.3 Å². The predicted molar refractivity (Wildman–Crippen MR) is 86.7 cm³/mol. The Bertz CT molecular complexity index is 410. The molecule has 2 N–H and O–H groups in total. The van der Waals surface area contributed by atoms with Gasteiger partial charge in [-0.15, -0.1) is 0 Å². The van der Waals surface area contributed by atoms with Crippen molar-refractivity contribution in [3.8, 4) is 0 Å². The molecule has 1 aromatic rings. The van der Waals surface area contributed by atoms with Crippen LogP contribution in [0, 0.1) is 17.8 Å². The molecule has 1 aliphatic rings. The molecule has 3 unspecified atom stereocenters. The Hall–Kier alpha value is -0.860. The molecule has 0 saturated heterocycles. The van der Waals surface area contributed by atoms with Gasteiger partial charge in [-0.2, -0.15) is 0 Å². The Morgan fingerprint density at radius 3 is 2.35 bits per heavy atom. The van der Waals surface area contributed by atoms with E-state index in [0.717, 1.165) is 24.8 Å². The maximum atomic E-state index is 6.34. The number of likely N-dealkylation sites (N-methyl/N-ethyl adjacent to an activating group) is 1. The first-order valence-corrected chi connectivity index (χ1v) is 7.98. The lowest BCUT2D eigenvalue weighted by Gasteiger charge is -2.21. The Labute approximate surface area is 124 Å². The molecule has 1 aliphatic carbocycles. The predicted octanol–water partition coefficient (Wildman–Crippen LogP) is 3.47. The molecular formula is C18H30N2. The number of nitrogens with zero attached hydrogens (tertiary/aromatic N) is 1. The van der Waals surface area contributed by atoms with E-state index in [-0.39, 0.29) is 6.04 Å². The van der Waals surface area contributed by atoms with Crippen LogP contribution in [0.25, 0.3) is 0 Å². The van der Waals surface area contributed by atoms with Crippen LogP contribution in [0.5, 0.6) is 0 Å². The molecule has 1 fully saturated rings. The first kappa shape index (κ1) is 15.5. The third-order valence-electron chi connectivity index (χ3n) is 4.38. The van der Waals surface area contributed by atoms with Crippen LogP contribution >= 0.6 is 0 Å². The normalized spacial score (nSPS) is 23.4. The molecule has 0 aromatic heterocycles. The lowest BCUT2D eigenvalue weighted by atomic mass is 9.99. The second kappa shape index (κ2) is 6.73. The Kier molecular flexibility index (Phi) is 5.22. The van der Waals surface area contributed by atoms with E-state index >= 15 is 0 Å². The van der Waals surface area contributed by atoms with Crippen molar-refractivity contribution >= 4 is 0 Å². The van der Waals surface area contributed by atoms with Crippen LogP contribution in [-0.2, 0) is 6.42 Å². The third-order valence-corrected chi connectivity index (χ3v) is 4.38. The number of nitrogens with two attached hydrogens (primary N) is 1. The highest BCUT2D eigenvalue weighted by Gasteiger charge is 2.33. The summed E-state index contributed by atoms with van der Waals surface area (Å²) in [6.07, 6.45) is 2.54. The topological polar surface area (TPSA) is 29.3 Å². The Morgan fingerprint density at radius 1 is 1.25 bits per heavy atom. The molecule has 2 heteroatoms. The minimum absolute atomic E-state index is 0.127. The van der Waals surface area contributed by atoms with Crippen molar-refractivity contribution in [2.24, 2.45) is 23.5 Å². The summed E-state index contributed by atoms with van der Waals surface area (Å²) in [7, 11) is 2.19. The van der Waals surface area contributed by atoms with Crippen LogP contribution in [-0.4, -0.2) is 25.0 Å². The lowest BCUT2D eigenvalue weighted by Crippen LogP contribution is -2.30. The summed E-state index contributed by atoms with van der Waals surface area (Å²) in [5.74, 6) is 2.53. The minimum Gasteiger partial charge on any atom is -0.323 e. The molecule has 0 amide bonds. The Balaban J connectivity index is 1.83. The highest BCUT2D eigenvalue weighted by Crippen LogP contribution is 2.38. The zero-order valence-electron chi connectivity index (χ0n) is 13.5. The Morgan fingerprint density at radius 2 is 1.85 bits per heavy atom. The molecule has 1 aromatic carbocycles. The molecule has 0 radical (unpaired) electrons. The SMILES string of the molecule is CC(C)Cc1ccc(C(N)CN(C)CC2CC2C)cc1. The molecule has 112 valence electrons. The van der Waals surface area contributed by atoms with Gasteiger partial charge in [-0.3, -0.25) is 0 Å². The van der Waals surface area contributed by atoms with E-state index in [2.05, 4.69) is 57.0 Å². The van der Waals surface area contributed by atoms with Crippen molar-refractivity contribution in [1.82, 2.24) is 4.90 Å². The quantitative estimate of drug-likeness (QED) is 0.825. The fourth-order valence-electron chi connectivity index (χ4n) is 2.94. The van der Waals surface area contributed by atoms with Gasteiger partial charge in [0.2, 0.25) is 0 Å². The molecule has 3 atom stereocenters. The highest BCUT2D eigenvalue weighted by atomic mass is 15.1. The molecule has 2 nitrogen and oxygen atoms in total. The van der Waals surface area contributed by atoms with Gasteiger partial charge >= 0.3 is 0 Å². The van der Waals surface area contributed by atoms with Crippen molar-refractivity contribution < 1.29 is 0 Å². The van der Waals surface area contributed by atoms with Gasteiger partial charge in [-0.1, -0.05) is 45.0 Å². The fraction of sp³-hybridized carbons (Fsp3) is 0.667. The molecule has 0 spiro atoms. The number of hydrogen-bond donors (Lipinski definition) is 1. The second-order valence-electron chi connectivity index (χ2n) is 7.14.